The molecule has 1 aliphatic carbocycles. The number of carbonyl (C=O) groups excluding carboxylic acids is 1. The van der Waals surface area contributed by atoms with Crippen LogP contribution in [0.3, 0.4) is 0 Å². The molecule has 35 heavy (non-hydrogen) atoms. The summed E-state index contributed by atoms with van der Waals surface area (Å²) < 4.78 is 42.4. The van der Waals surface area contributed by atoms with Crippen LogP contribution >= 0.6 is 23.2 Å². The van der Waals surface area contributed by atoms with E-state index in [1.54, 1.807) is 24.3 Å². The molecule has 1 N–H and O–H groups in total. The van der Waals surface area contributed by atoms with Crippen molar-refractivity contribution < 1.29 is 22.8 Å². The van der Waals surface area contributed by atoms with Crippen LogP contribution in [-0.4, -0.2) is 23.8 Å². The summed E-state index contributed by atoms with van der Waals surface area (Å²) in [5.41, 5.74) is -0.717. The minimum atomic E-state index is -4.76. The molecule has 5 rings (SSSR count). The van der Waals surface area contributed by atoms with Gasteiger partial charge in [-0.1, -0.05) is 76.9 Å². The Balaban J connectivity index is 1.29. The van der Waals surface area contributed by atoms with Gasteiger partial charge in [0.15, 0.2) is 0 Å². The van der Waals surface area contributed by atoms with Gasteiger partial charge in [-0.3, -0.25) is 4.79 Å². The van der Waals surface area contributed by atoms with Crippen LogP contribution in [0.4, 0.5) is 13.2 Å². The van der Waals surface area contributed by atoms with Gasteiger partial charge in [-0.25, -0.2) is 0 Å². The first-order valence-corrected chi connectivity index (χ1v) is 11.7. The lowest BCUT2D eigenvalue weighted by Crippen LogP contribution is -2.42. The number of nitrogens with one attached hydrogen (secondary N) is 1. The maximum absolute atomic E-state index is 14.1. The molecule has 2 aliphatic rings. The Morgan fingerprint density at radius 1 is 1.00 bits per heavy atom. The summed E-state index contributed by atoms with van der Waals surface area (Å²) in [5, 5.41) is 6.89. The van der Waals surface area contributed by atoms with E-state index < -0.39 is 18.2 Å². The van der Waals surface area contributed by atoms with Gasteiger partial charge in [0.05, 0.1) is 15.8 Å². The van der Waals surface area contributed by atoms with E-state index in [0.717, 1.165) is 12.5 Å². The number of hydrogen-bond donors (Lipinski definition) is 1. The molecule has 1 saturated carbocycles. The lowest BCUT2D eigenvalue weighted by Gasteiger charge is -2.29. The summed E-state index contributed by atoms with van der Waals surface area (Å²) in [4.78, 5) is 17.7. The molecule has 0 spiro atoms. The number of nitrogens with zero attached hydrogens (tertiary/aromatic N) is 1. The van der Waals surface area contributed by atoms with Crippen LogP contribution in [-0.2, 0) is 10.4 Å². The smallest absolute Gasteiger partial charge is 0.374 e. The van der Waals surface area contributed by atoms with Gasteiger partial charge in [0.25, 0.3) is 11.5 Å². The molecule has 0 radical (unpaired) electrons. The molecule has 180 valence electrons. The maximum atomic E-state index is 14.1. The molecule has 0 bridgehead atoms. The molecule has 3 aromatic carbocycles. The van der Waals surface area contributed by atoms with Crippen molar-refractivity contribution in [2.45, 2.75) is 36.6 Å². The summed E-state index contributed by atoms with van der Waals surface area (Å²) in [6.07, 6.45) is -4.42. The van der Waals surface area contributed by atoms with Crippen molar-refractivity contribution >= 4 is 34.8 Å². The monoisotopic (exact) mass is 518 g/mol. The highest BCUT2D eigenvalue weighted by molar-refractivity contribution is 6.42. The SMILES string of the molecule is O=C(N[C@@H]1C[C@H]1c1ccccc1)c1ccc(C2=NOC(c3ccc(Cl)c(Cl)c3)(C(F)(F)F)C2)cc1. The third kappa shape index (κ3) is 4.50. The molecule has 9 heteroatoms. The Morgan fingerprint density at radius 2 is 1.71 bits per heavy atom. The van der Waals surface area contributed by atoms with Crippen molar-refractivity contribution in [3.63, 3.8) is 0 Å². The fourth-order valence-corrected chi connectivity index (χ4v) is 4.59. The van der Waals surface area contributed by atoms with Crippen LogP contribution in [0.5, 0.6) is 0 Å². The van der Waals surface area contributed by atoms with Crippen LogP contribution in [0.15, 0.2) is 78.0 Å². The van der Waals surface area contributed by atoms with Gasteiger partial charge in [0.1, 0.15) is 0 Å². The number of amides is 1. The van der Waals surface area contributed by atoms with Gasteiger partial charge in [-0.15, -0.1) is 0 Å². The number of benzene rings is 3. The average molecular weight is 519 g/mol. The van der Waals surface area contributed by atoms with E-state index in [4.69, 9.17) is 28.0 Å². The normalized spacial score (nSPS) is 23.4. The van der Waals surface area contributed by atoms with Crippen molar-refractivity contribution in [2.24, 2.45) is 5.16 Å². The largest absolute Gasteiger partial charge is 0.435 e. The van der Waals surface area contributed by atoms with Gasteiger partial charge in [-0.05, 0) is 41.8 Å². The Morgan fingerprint density at radius 3 is 2.37 bits per heavy atom. The zero-order valence-electron chi connectivity index (χ0n) is 18.2. The second-order valence-corrected chi connectivity index (χ2v) is 9.48. The first kappa shape index (κ1) is 23.7. The third-order valence-electron chi connectivity index (χ3n) is 6.39. The first-order chi connectivity index (χ1) is 16.7. The van der Waals surface area contributed by atoms with Crippen molar-refractivity contribution in [3.05, 3.63) is 105 Å². The van der Waals surface area contributed by atoms with Gasteiger partial charge in [0, 0.05) is 29.5 Å². The minimum absolute atomic E-state index is 0.00891. The van der Waals surface area contributed by atoms with Crippen molar-refractivity contribution in [3.8, 4) is 0 Å². The number of oxime groups is 1. The molecular weight excluding hydrogens is 500 g/mol. The van der Waals surface area contributed by atoms with E-state index in [0.29, 0.717) is 17.0 Å². The van der Waals surface area contributed by atoms with Crippen molar-refractivity contribution in [2.75, 3.05) is 0 Å². The van der Waals surface area contributed by atoms with E-state index in [9.17, 15) is 18.0 Å². The lowest BCUT2D eigenvalue weighted by atomic mass is 9.86. The molecule has 1 aliphatic heterocycles. The molecule has 1 amide bonds. The van der Waals surface area contributed by atoms with Gasteiger partial charge >= 0.3 is 6.18 Å². The molecule has 1 fully saturated rings. The van der Waals surface area contributed by atoms with Crippen LogP contribution in [0.25, 0.3) is 0 Å². The predicted octanol–water partition coefficient (Wildman–Crippen LogP) is 6.86. The van der Waals surface area contributed by atoms with E-state index >= 15 is 0 Å². The number of alkyl halides is 3. The fraction of sp³-hybridized carbons (Fsp3) is 0.231. The zero-order valence-corrected chi connectivity index (χ0v) is 19.7. The molecule has 1 unspecified atom stereocenters. The predicted molar refractivity (Wildman–Crippen MR) is 128 cm³/mol. The van der Waals surface area contributed by atoms with Gasteiger partial charge in [-0.2, -0.15) is 13.2 Å². The summed E-state index contributed by atoms with van der Waals surface area (Å²) in [6.45, 7) is 0. The Labute approximate surface area is 209 Å². The maximum Gasteiger partial charge on any atom is 0.435 e. The minimum Gasteiger partial charge on any atom is -0.374 e. The van der Waals surface area contributed by atoms with Crippen LogP contribution < -0.4 is 5.32 Å². The van der Waals surface area contributed by atoms with E-state index in [-0.39, 0.29) is 33.3 Å². The summed E-state index contributed by atoms with van der Waals surface area (Å²) >= 11 is 11.8. The fourth-order valence-electron chi connectivity index (χ4n) is 4.29. The first-order valence-electron chi connectivity index (χ1n) is 10.9. The van der Waals surface area contributed by atoms with E-state index in [2.05, 4.69) is 10.5 Å². The summed E-state index contributed by atoms with van der Waals surface area (Å²) in [7, 11) is 0. The van der Waals surface area contributed by atoms with E-state index in [1.165, 1.54) is 17.7 Å². The number of rotatable bonds is 5. The van der Waals surface area contributed by atoms with Crippen LogP contribution in [0.1, 0.15) is 45.8 Å². The van der Waals surface area contributed by atoms with Gasteiger partial charge in [0.2, 0.25) is 0 Å². The Hall–Kier alpha value is -3.03. The standard InChI is InChI=1S/C26H19Cl2F3N2O2/c27-20-11-10-18(12-21(20)28)25(26(29,30)31)14-23(33-35-25)16-6-8-17(9-7-16)24(34)32-22-13-19(22)15-4-2-1-3-5-15/h1-12,19,22H,13-14H2,(H,32,34)/t19-,22+,25?/m0/s1. The molecule has 1 heterocycles. The lowest BCUT2D eigenvalue weighted by molar-refractivity contribution is -0.275. The molecule has 4 nitrogen and oxygen atoms in total. The second-order valence-electron chi connectivity index (χ2n) is 8.67. The molecule has 3 aromatic rings. The van der Waals surface area contributed by atoms with Gasteiger partial charge < -0.3 is 10.2 Å². The highest BCUT2D eigenvalue weighted by Gasteiger charge is 2.62. The Kier molecular flexibility index (Phi) is 6.01. The average Bonchev–Trinajstić information content (AvgIpc) is 3.45. The zero-order chi connectivity index (χ0) is 24.8. The molecule has 0 aromatic heterocycles. The summed E-state index contributed by atoms with van der Waals surface area (Å²) in [6, 6.07) is 20.0. The molecular formula is C26H19Cl2F3N2O2. The molecule has 3 atom stereocenters. The second kappa shape index (κ2) is 8.88. The van der Waals surface area contributed by atoms with Crippen LogP contribution in [0, 0.1) is 0 Å². The highest BCUT2D eigenvalue weighted by atomic mass is 35.5. The van der Waals surface area contributed by atoms with Crippen molar-refractivity contribution in [1.82, 2.24) is 5.32 Å². The number of carbonyl (C=O) groups is 1. The van der Waals surface area contributed by atoms with E-state index in [1.807, 2.05) is 30.3 Å². The Bertz CT molecular complexity index is 1300. The highest BCUT2D eigenvalue weighted by Crippen LogP contribution is 2.49. The van der Waals surface area contributed by atoms with Crippen molar-refractivity contribution in [1.29, 1.82) is 0 Å². The summed E-state index contributed by atoms with van der Waals surface area (Å²) in [5.74, 6) is 0.0614. The topological polar surface area (TPSA) is 50.7 Å². The quantitative estimate of drug-likeness (QED) is 0.401. The third-order valence-corrected chi connectivity index (χ3v) is 7.13. The van der Waals surface area contributed by atoms with Crippen LogP contribution in [0.2, 0.25) is 10.0 Å². The number of halogens is 5. The molecule has 0 saturated heterocycles. The number of hydrogen-bond acceptors (Lipinski definition) is 3.